The molecule has 0 radical (unpaired) electrons. The Bertz CT molecular complexity index is 815. The molecule has 27 heavy (non-hydrogen) atoms. The van der Waals surface area contributed by atoms with Gasteiger partial charge in [-0.1, -0.05) is 24.3 Å². The zero-order chi connectivity index (χ0) is 20.2. The third kappa shape index (κ3) is 6.24. The van der Waals surface area contributed by atoms with E-state index in [2.05, 4.69) is 29.7 Å². The quantitative estimate of drug-likeness (QED) is 0.830. The van der Waals surface area contributed by atoms with Gasteiger partial charge in [-0.15, -0.1) is 0 Å². The number of hydrogen-bond acceptors (Lipinski definition) is 2. The molecule has 2 amide bonds. The van der Waals surface area contributed by atoms with Gasteiger partial charge in [0.15, 0.2) is 0 Å². The Kier molecular flexibility index (Phi) is 6.09. The van der Waals surface area contributed by atoms with Gasteiger partial charge in [-0.2, -0.15) is 0 Å². The van der Waals surface area contributed by atoms with Crippen molar-refractivity contribution in [1.82, 2.24) is 10.6 Å². The average molecular weight is 367 g/mol. The van der Waals surface area contributed by atoms with Crippen LogP contribution >= 0.6 is 0 Å². The summed E-state index contributed by atoms with van der Waals surface area (Å²) < 4.78 is 0. The van der Waals surface area contributed by atoms with Crippen molar-refractivity contribution >= 4 is 11.8 Å². The molecule has 0 saturated heterocycles. The van der Waals surface area contributed by atoms with E-state index in [4.69, 9.17) is 0 Å². The highest BCUT2D eigenvalue weighted by Crippen LogP contribution is 2.17. The second-order valence-corrected chi connectivity index (χ2v) is 8.72. The number of carbonyl (C=O) groups excluding carboxylic acids is 2. The molecule has 0 saturated carbocycles. The minimum atomic E-state index is -0.383. The molecule has 0 aliphatic rings. The standard InChI is InChI=1S/C23H30N2O2/c1-16-9-7-8-10-19(16)15-23(5,6)25-21(27)18-13-11-17(12-14-18)20(26)24-22(2,3)4/h7-14H,15H2,1-6H3,(H,24,26)(H,25,27). The van der Waals surface area contributed by atoms with Crippen molar-refractivity contribution < 1.29 is 9.59 Å². The summed E-state index contributed by atoms with van der Waals surface area (Å²) in [6.45, 7) is 11.9. The number of carbonyl (C=O) groups is 2. The molecule has 0 bridgehead atoms. The fraction of sp³-hybridized carbons (Fsp3) is 0.391. The minimum absolute atomic E-state index is 0.142. The fourth-order valence-corrected chi connectivity index (χ4v) is 2.89. The van der Waals surface area contributed by atoms with Crippen LogP contribution in [0.2, 0.25) is 0 Å². The lowest BCUT2D eigenvalue weighted by Gasteiger charge is -2.27. The van der Waals surface area contributed by atoms with E-state index in [-0.39, 0.29) is 22.9 Å². The van der Waals surface area contributed by atoms with Gasteiger partial charge in [0.1, 0.15) is 0 Å². The smallest absolute Gasteiger partial charge is 0.251 e. The molecule has 2 aromatic rings. The number of benzene rings is 2. The van der Waals surface area contributed by atoms with E-state index in [1.165, 1.54) is 11.1 Å². The van der Waals surface area contributed by atoms with E-state index in [0.29, 0.717) is 11.1 Å². The number of nitrogens with one attached hydrogen (secondary N) is 2. The van der Waals surface area contributed by atoms with Crippen molar-refractivity contribution in [2.45, 2.75) is 59.0 Å². The van der Waals surface area contributed by atoms with Gasteiger partial charge in [0, 0.05) is 22.2 Å². The van der Waals surface area contributed by atoms with Crippen molar-refractivity contribution in [3.05, 3.63) is 70.8 Å². The first-order valence-corrected chi connectivity index (χ1v) is 9.26. The maximum atomic E-state index is 12.6. The monoisotopic (exact) mass is 366 g/mol. The fourth-order valence-electron chi connectivity index (χ4n) is 2.89. The van der Waals surface area contributed by atoms with Crippen molar-refractivity contribution in [2.24, 2.45) is 0 Å². The molecule has 0 atom stereocenters. The molecule has 0 aromatic heterocycles. The lowest BCUT2D eigenvalue weighted by molar-refractivity contribution is 0.0902. The Labute approximate surface area is 162 Å². The van der Waals surface area contributed by atoms with Crippen molar-refractivity contribution in [3.63, 3.8) is 0 Å². The highest BCUT2D eigenvalue weighted by molar-refractivity contribution is 5.98. The van der Waals surface area contributed by atoms with E-state index in [9.17, 15) is 9.59 Å². The molecule has 144 valence electrons. The highest BCUT2D eigenvalue weighted by atomic mass is 16.2. The van der Waals surface area contributed by atoms with Gasteiger partial charge in [-0.05, 0) is 83.4 Å². The van der Waals surface area contributed by atoms with Crippen LogP contribution in [0.4, 0.5) is 0 Å². The molecule has 4 nitrogen and oxygen atoms in total. The molecule has 0 aliphatic carbocycles. The molecule has 2 aromatic carbocycles. The first kappa shape index (κ1) is 20.7. The summed E-state index contributed by atoms with van der Waals surface area (Å²) in [6, 6.07) is 15.0. The van der Waals surface area contributed by atoms with Crippen LogP contribution in [0.25, 0.3) is 0 Å². The van der Waals surface area contributed by atoms with Crippen LogP contribution in [-0.4, -0.2) is 22.9 Å². The Morgan fingerprint density at radius 2 is 1.26 bits per heavy atom. The first-order chi connectivity index (χ1) is 12.5. The summed E-state index contributed by atoms with van der Waals surface area (Å²) in [5, 5.41) is 6.01. The molecule has 2 rings (SSSR count). The number of amides is 2. The third-order valence-corrected chi connectivity index (χ3v) is 4.24. The lowest BCUT2D eigenvalue weighted by Crippen LogP contribution is -2.45. The summed E-state index contributed by atoms with van der Waals surface area (Å²) in [7, 11) is 0. The van der Waals surface area contributed by atoms with Gasteiger partial charge < -0.3 is 10.6 Å². The van der Waals surface area contributed by atoms with E-state index in [1.807, 2.05) is 46.8 Å². The molecule has 4 heteroatoms. The van der Waals surface area contributed by atoms with Crippen LogP contribution in [0, 0.1) is 6.92 Å². The van der Waals surface area contributed by atoms with Gasteiger partial charge in [-0.3, -0.25) is 9.59 Å². The molecule has 0 spiro atoms. The summed E-state index contributed by atoms with van der Waals surface area (Å²) in [5.74, 6) is -0.286. The second-order valence-electron chi connectivity index (χ2n) is 8.72. The predicted molar refractivity (Wildman–Crippen MR) is 110 cm³/mol. The van der Waals surface area contributed by atoms with Crippen molar-refractivity contribution in [2.75, 3.05) is 0 Å². The van der Waals surface area contributed by atoms with Gasteiger partial charge in [-0.25, -0.2) is 0 Å². The average Bonchev–Trinajstić information content (AvgIpc) is 2.55. The maximum Gasteiger partial charge on any atom is 0.251 e. The molecule has 0 fully saturated rings. The molecule has 0 heterocycles. The summed E-state index contributed by atoms with van der Waals surface area (Å²) in [4.78, 5) is 24.8. The minimum Gasteiger partial charge on any atom is -0.347 e. The number of rotatable bonds is 5. The van der Waals surface area contributed by atoms with E-state index >= 15 is 0 Å². The normalized spacial score (nSPS) is 11.8. The third-order valence-electron chi connectivity index (χ3n) is 4.24. The van der Waals surface area contributed by atoms with Crippen molar-refractivity contribution in [1.29, 1.82) is 0 Å². The summed E-state index contributed by atoms with van der Waals surface area (Å²) in [6.07, 6.45) is 0.748. The van der Waals surface area contributed by atoms with Gasteiger partial charge in [0.05, 0.1) is 0 Å². The Hall–Kier alpha value is -2.62. The Morgan fingerprint density at radius 3 is 1.74 bits per heavy atom. The summed E-state index contributed by atoms with van der Waals surface area (Å²) in [5.41, 5.74) is 2.84. The maximum absolute atomic E-state index is 12.6. The highest BCUT2D eigenvalue weighted by Gasteiger charge is 2.23. The Morgan fingerprint density at radius 1 is 0.778 bits per heavy atom. The predicted octanol–water partition coefficient (Wildman–Crippen LogP) is 4.27. The Balaban J connectivity index is 2.05. The molecular formula is C23H30N2O2. The molecule has 2 N–H and O–H groups in total. The second kappa shape index (κ2) is 7.95. The largest absolute Gasteiger partial charge is 0.347 e. The van der Waals surface area contributed by atoms with Crippen LogP contribution in [0.5, 0.6) is 0 Å². The zero-order valence-corrected chi connectivity index (χ0v) is 17.1. The molecule has 0 aliphatic heterocycles. The van der Waals surface area contributed by atoms with E-state index in [1.54, 1.807) is 24.3 Å². The SMILES string of the molecule is Cc1ccccc1CC(C)(C)NC(=O)c1ccc(C(=O)NC(C)(C)C)cc1. The van der Waals surface area contributed by atoms with Crippen LogP contribution in [0.15, 0.2) is 48.5 Å². The lowest BCUT2D eigenvalue weighted by atomic mass is 9.92. The summed E-state index contributed by atoms with van der Waals surface area (Å²) >= 11 is 0. The van der Waals surface area contributed by atoms with Crippen molar-refractivity contribution in [3.8, 4) is 0 Å². The van der Waals surface area contributed by atoms with Crippen LogP contribution in [0.3, 0.4) is 0 Å². The number of aryl methyl sites for hydroxylation is 1. The van der Waals surface area contributed by atoms with Gasteiger partial charge in [0.2, 0.25) is 0 Å². The van der Waals surface area contributed by atoms with Crippen LogP contribution in [-0.2, 0) is 6.42 Å². The van der Waals surface area contributed by atoms with Crippen LogP contribution in [0.1, 0.15) is 66.5 Å². The zero-order valence-electron chi connectivity index (χ0n) is 17.1. The molecule has 0 unspecified atom stereocenters. The van der Waals surface area contributed by atoms with Crippen LogP contribution < -0.4 is 10.6 Å². The van der Waals surface area contributed by atoms with E-state index < -0.39 is 0 Å². The van der Waals surface area contributed by atoms with Gasteiger partial charge >= 0.3 is 0 Å². The topological polar surface area (TPSA) is 58.2 Å². The molecular weight excluding hydrogens is 336 g/mol. The number of hydrogen-bond donors (Lipinski definition) is 2. The van der Waals surface area contributed by atoms with E-state index in [0.717, 1.165) is 6.42 Å². The first-order valence-electron chi connectivity index (χ1n) is 9.26. The van der Waals surface area contributed by atoms with Gasteiger partial charge in [0.25, 0.3) is 11.8 Å².